The number of amides is 2. The predicted molar refractivity (Wildman–Crippen MR) is 126 cm³/mol. The average molecular weight is 472 g/mol. The number of imide groups is 1. The minimum Gasteiger partial charge on any atom is -0.492 e. The first-order chi connectivity index (χ1) is 17.0. The molecule has 5 rings (SSSR count). The Hall–Kier alpha value is -4.17. The lowest BCUT2D eigenvalue weighted by atomic mass is 9.86. The molecule has 3 aromatic carbocycles. The maximum atomic E-state index is 13.3. The molecular formula is C27H24N2O6. The quantitative estimate of drug-likeness (QED) is 0.485. The van der Waals surface area contributed by atoms with Gasteiger partial charge in [-0.2, -0.15) is 0 Å². The number of nitrogens with one attached hydrogen (secondary N) is 1. The van der Waals surface area contributed by atoms with Crippen LogP contribution >= 0.6 is 0 Å². The van der Waals surface area contributed by atoms with E-state index in [2.05, 4.69) is 5.32 Å². The van der Waals surface area contributed by atoms with Crippen LogP contribution in [0, 0.1) is 11.8 Å². The van der Waals surface area contributed by atoms with Crippen LogP contribution in [-0.4, -0.2) is 47.0 Å². The Kier molecular flexibility index (Phi) is 6.20. The van der Waals surface area contributed by atoms with Crippen LogP contribution in [0.2, 0.25) is 0 Å². The van der Waals surface area contributed by atoms with E-state index in [-0.39, 0.29) is 19.1 Å². The second-order valence-corrected chi connectivity index (χ2v) is 8.49. The number of hydrogen-bond acceptors (Lipinski definition) is 6. The van der Waals surface area contributed by atoms with Crippen molar-refractivity contribution in [1.29, 1.82) is 0 Å². The van der Waals surface area contributed by atoms with Crippen LogP contribution < -0.4 is 14.8 Å². The first-order valence-electron chi connectivity index (χ1n) is 11.4. The van der Waals surface area contributed by atoms with Gasteiger partial charge < -0.3 is 14.6 Å². The van der Waals surface area contributed by atoms with Gasteiger partial charge >= 0.3 is 5.97 Å². The molecule has 2 N–H and O–H groups in total. The molecule has 4 atom stereocenters. The summed E-state index contributed by atoms with van der Waals surface area (Å²) in [5.74, 6) is -1.87. The van der Waals surface area contributed by atoms with Gasteiger partial charge in [0.1, 0.15) is 29.9 Å². The highest BCUT2D eigenvalue weighted by atomic mass is 16.5. The number of carboxylic acids is 1. The van der Waals surface area contributed by atoms with Gasteiger partial charge in [0.05, 0.1) is 18.4 Å². The summed E-state index contributed by atoms with van der Waals surface area (Å²) >= 11 is 0. The minimum absolute atomic E-state index is 0.0580. The van der Waals surface area contributed by atoms with E-state index in [0.717, 1.165) is 4.90 Å². The van der Waals surface area contributed by atoms with E-state index in [0.29, 0.717) is 22.8 Å². The molecular weight excluding hydrogens is 448 g/mol. The summed E-state index contributed by atoms with van der Waals surface area (Å²) in [6.07, 6.45) is 0. The highest BCUT2D eigenvalue weighted by Crippen LogP contribution is 2.44. The highest BCUT2D eigenvalue weighted by molar-refractivity contribution is 6.08. The van der Waals surface area contributed by atoms with Crippen LogP contribution in [0.15, 0.2) is 84.9 Å². The summed E-state index contributed by atoms with van der Waals surface area (Å²) in [6, 6.07) is 23.8. The van der Waals surface area contributed by atoms with E-state index in [1.807, 2.05) is 48.5 Å². The molecule has 8 heteroatoms. The number of fused-ring (bicyclic) bond motifs is 1. The molecule has 2 amide bonds. The molecule has 2 fully saturated rings. The Morgan fingerprint density at radius 3 is 2.00 bits per heavy atom. The zero-order chi connectivity index (χ0) is 24.4. The van der Waals surface area contributed by atoms with Crippen molar-refractivity contribution >= 4 is 17.8 Å². The summed E-state index contributed by atoms with van der Waals surface area (Å²) in [4.78, 5) is 39.5. The maximum Gasteiger partial charge on any atom is 0.321 e. The summed E-state index contributed by atoms with van der Waals surface area (Å²) in [5.41, 5.74) is 0.715. The molecule has 0 aromatic heterocycles. The number of likely N-dealkylation sites (tertiary alicyclic amines) is 1. The molecule has 2 aliphatic rings. The number of para-hydroxylation sites is 2. The van der Waals surface area contributed by atoms with Gasteiger partial charge in [-0.15, -0.1) is 0 Å². The Morgan fingerprint density at radius 2 is 1.37 bits per heavy atom. The predicted octanol–water partition coefficient (Wildman–Crippen LogP) is 3.26. The third-order valence-corrected chi connectivity index (χ3v) is 6.38. The number of ether oxygens (including phenoxy) is 2. The molecule has 2 heterocycles. The van der Waals surface area contributed by atoms with Gasteiger partial charge in [0.2, 0.25) is 11.8 Å². The smallest absolute Gasteiger partial charge is 0.321 e. The molecule has 35 heavy (non-hydrogen) atoms. The van der Waals surface area contributed by atoms with Crippen LogP contribution in [0.25, 0.3) is 0 Å². The molecule has 0 aliphatic carbocycles. The largest absolute Gasteiger partial charge is 0.492 e. The molecule has 2 aliphatic heterocycles. The fourth-order valence-corrected chi connectivity index (χ4v) is 4.76. The molecule has 2 saturated heterocycles. The standard InChI is InChI=1S/C27H24N2O6/c30-25-21-22(26(31)29(25)15-16-34-18-7-3-1-4-8-18)24(27(32)33)28-23(21)17-11-13-20(14-12-17)35-19-9-5-2-6-10-19/h1-14,21-24,28H,15-16H2,(H,32,33). The molecule has 4 unspecified atom stereocenters. The van der Waals surface area contributed by atoms with E-state index in [1.165, 1.54) is 0 Å². The van der Waals surface area contributed by atoms with E-state index >= 15 is 0 Å². The van der Waals surface area contributed by atoms with Crippen molar-refractivity contribution in [3.8, 4) is 17.2 Å². The van der Waals surface area contributed by atoms with Crippen molar-refractivity contribution < 1.29 is 29.0 Å². The summed E-state index contributed by atoms with van der Waals surface area (Å²) in [7, 11) is 0. The Morgan fingerprint density at radius 1 is 0.800 bits per heavy atom. The fourth-order valence-electron chi connectivity index (χ4n) is 4.76. The normalized spacial score (nSPS) is 23.3. The van der Waals surface area contributed by atoms with Gasteiger partial charge in [-0.05, 0) is 42.0 Å². The first kappa shape index (κ1) is 22.6. The third-order valence-electron chi connectivity index (χ3n) is 6.38. The fraction of sp³-hybridized carbons (Fsp3) is 0.222. The lowest BCUT2D eigenvalue weighted by Crippen LogP contribution is -2.44. The molecule has 0 spiro atoms. The van der Waals surface area contributed by atoms with Gasteiger partial charge in [-0.25, -0.2) is 0 Å². The SMILES string of the molecule is O=C(O)C1NC(c2ccc(Oc3ccccc3)cc2)C2C(=O)N(CCOc3ccccc3)C(=O)C12. The van der Waals surface area contributed by atoms with Crippen molar-refractivity contribution in [2.24, 2.45) is 11.8 Å². The minimum atomic E-state index is -1.16. The van der Waals surface area contributed by atoms with Crippen molar-refractivity contribution in [2.45, 2.75) is 12.1 Å². The van der Waals surface area contributed by atoms with Gasteiger partial charge in [-0.1, -0.05) is 48.5 Å². The molecule has 0 radical (unpaired) electrons. The summed E-state index contributed by atoms with van der Waals surface area (Å²) in [5, 5.41) is 12.8. The van der Waals surface area contributed by atoms with Gasteiger partial charge in [0.15, 0.2) is 0 Å². The number of benzene rings is 3. The summed E-state index contributed by atoms with van der Waals surface area (Å²) < 4.78 is 11.5. The van der Waals surface area contributed by atoms with Crippen LogP contribution in [-0.2, 0) is 14.4 Å². The second kappa shape index (κ2) is 9.60. The van der Waals surface area contributed by atoms with E-state index < -0.39 is 35.8 Å². The van der Waals surface area contributed by atoms with Gasteiger partial charge in [0.25, 0.3) is 0 Å². The number of rotatable bonds is 8. The molecule has 0 saturated carbocycles. The monoisotopic (exact) mass is 472 g/mol. The Balaban J connectivity index is 1.32. The Bertz CT molecular complexity index is 1220. The van der Waals surface area contributed by atoms with E-state index in [9.17, 15) is 19.5 Å². The van der Waals surface area contributed by atoms with E-state index in [1.54, 1.807) is 36.4 Å². The summed E-state index contributed by atoms with van der Waals surface area (Å²) in [6.45, 7) is 0.185. The lowest BCUT2D eigenvalue weighted by molar-refractivity contribution is -0.146. The number of carbonyl (C=O) groups is 3. The number of aliphatic carboxylic acids is 1. The number of nitrogens with zero attached hydrogens (tertiary/aromatic N) is 1. The van der Waals surface area contributed by atoms with Crippen LogP contribution in [0.3, 0.4) is 0 Å². The maximum absolute atomic E-state index is 13.3. The molecule has 178 valence electrons. The zero-order valence-electron chi connectivity index (χ0n) is 18.7. The van der Waals surface area contributed by atoms with Gasteiger partial charge in [-0.3, -0.25) is 24.6 Å². The topological polar surface area (TPSA) is 105 Å². The van der Waals surface area contributed by atoms with Crippen molar-refractivity contribution in [2.75, 3.05) is 13.2 Å². The Labute approximate surface area is 202 Å². The first-order valence-corrected chi connectivity index (χ1v) is 11.4. The molecule has 8 nitrogen and oxygen atoms in total. The van der Waals surface area contributed by atoms with Crippen molar-refractivity contribution in [3.63, 3.8) is 0 Å². The van der Waals surface area contributed by atoms with Crippen LogP contribution in [0.1, 0.15) is 11.6 Å². The molecule has 0 bridgehead atoms. The van der Waals surface area contributed by atoms with Gasteiger partial charge in [0, 0.05) is 6.04 Å². The van der Waals surface area contributed by atoms with Crippen molar-refractivity contribution in [1.82, 2.24) is 10.2 Å². The van der Waals surface area contributed by atoms with Crippen molar-refractivity contribution in [3.05, 3.63) is 90.5 Å². The highest BCUT2D eigenvalue weighted by Gasteiger charge is 2.60. The van der Waals surface area contributed by atoms with Crippen LogP contribution in [0.4, 0.5) is 0 Å². The molecule has 3 aromatic rings. The number of carbonyl (C=O) groups excluding carboxylic acids is 2. The second-order valence-electron chi connectivity index (χ2n) is 8.49. The average Bonchev–Trinajstić information content (AvgIpc) is 3.39. The number of hydrogen-bond donors (Lipinski definition) is 2. The lowest BCUT2D eigenvalue weighted by Gasteiger charge is -2.21. The van der Waals surface area contributed by atoms with E-state index in [4.69, 9.17) is 9.47 Å². The zero-order valence-corrected chi connectivity index (χ0v) is 18.7. The third kappa shape index (κ3) is 4.48. The van der Waals surface area contributed by atoms with Crippen LogP contribution in [0.5, 0.6) is 17.2 Å². The number of carboxylic acid groups (broad SMARTS) is 1.